The highest BCUT2D eigenvalue weighted by Gasteiger charge is 2.19. The van der Waals surface area contributed by atoms with Crippen LogP contribution in [0.3, 0.4) is 0 Å². The van der Waals surface area contributed by atoms with Crippen molar-refractivity contribution in [3.63, 3.8) is 0 Å². The molecule has 3 rings (SSSR count). The van der Waals surface area contributed by atoms with E-state index in [2.05, 4.69) is 15.2 Å². The van der Waals surface area contributed by atoms with Crippen molar-refractivity contribution in [3.8, 4) is 0 Å². The van der Waals surface area contributed by atoms with Gasteiger partial charge in [0.15, 0.2) is 0 Å². The largest absolute Gasteiger partial charge is 0.357 e. The van der Waals surface area contributed by atoms with Crippen LogP contribution < -0.4 is 10.2 Å². The molecule has 0 unspecified atom stereocenters. The molecule has 0 aromatic carbocycles. The third-order valence-corrected chi connectivity index (χ3v) is 4.73. The van der Waals surface area contributed by atoms with Gasteiger partial charge in [-0.25, -0.2) is 4.98 Å². The molecule has 0 spiro atoms. The van der Waals surface area contributed by atoms with Crippen LogP contribution in [-0.2, 0) is 16.1 Å². The van der Waals surface area contributed by atoms with Crippen LogP contribution >= 0.6 is 0 Å². The Morgan fingerprint density at radius 3 is 2.62 bits per heavy atom. The summed E-state index contributed by atoms with van der Waals surface area (Å²) in [5.41, 5.74) is 0.980. The molecule has 2 aliphatic rings. The van der Waals surface area contributed by atoms with Crippen LogP contribution in [0.5, 0.6) is 0 Å². The molecule has 2 saturated heterocycles. The van der Waals surface area contributed by atoms with E-state index in [4.69, 9.17) is 0 Å². The first-order valence-electron chi connectivity index (χ1n) is 8.97. The van der Waals surface area contributed by atoms with E-state index in [0.29, 0.717) is 19.5 Å². The van der Waals surface area contributed by atoms with Gasteiger partial charge in [-0.05, 0) is 37.3 Å². The maximum Gasteiger partial charge on any atom is 0.239 e. The summed E-state index contributed by atoms with van der Waals surface area (Å²) < 4.78 is 0. The van der Waals surface area contributed by atoms with Crippen LogP contribution in [0.4, 0.5) is 5.82 Å². The second kappa shape index (κ2) is 8.13. The van der Waals surface area contributed by atoms with Crippen LogP contribution in [0.25, 0.3) is 0 Å². The molecule has 2 fully saturated rings. The Morgan fingerprint density at radius 2 is 1.88 bits per heavy atom. The summed E-state index contributed by atoms with van der Waals surface area (Å²) in [6.07, 6.45) is 7.84. The second-order valence-electron chi connectivity index (χ2n) is 6.62. The molecule has 1 N–H and O–H groups in total. The van der Waals surface area contributed by atoms with Crippen molar-refractivity contribution in [2.24, 2.45) is 0 Å². The van der Waals surface area contributed by atoms with Gasteiger partial charge in [-0.1, -0.05) is 12.5 Å². The van der Waals surface area contributed by atoms with Gasteiger partial charge in [0.1, 0.15) is 5.82 Å². The molecule has 0 bridgehead atoms. The molecule has 2 aliphatic heterocycles. The lowest BCUT2D eigenvalue weighted by Gasteiger charge is -2.20. The molecular formula is C18H26N4O2. The van der Waals surface area contributed by atoms with E-state index in [1.807, 2.05) is 18.3 Å². The minimum Gasteiger partial charge on any atom is -0.357 e. The molecule has 24 heavy (non-hydrogen) atoms. The Bertz CT molecular complexity index is 567. The fourth-order valence-electron chi connectivity index (χ4n) is 3.29. The minimum atomic E-state index is -0.103. The highest BCUT2D eigenvalue weighted by Crippen LogP contribution is 2.17. The normalized spacial score (nSPS) is 18.6. The van der Waals surface area contributed by atoms with E-state index >= 15 is 0 Å². The average molecular weight is 330 g/mol. The molecular weight excluding hydrogens is 304 g/mol. The summed E-state index contributed by atoms with van der Waals surface area (Å²) in [6, 6.07) is 4.03. The number of aromatic nitrogens is 1. The smallest absolute Gasteiger partial charge is 0.239 e. The Morgan fingerprint density at radius 1 is 1.08 bits per heavy atom. The lowest BCUT2D eigenvalue weighted by molar-refractivity contribution is -0.135. The topological polar surface area (TPSA) is 65.5 Å². The third kappa shape index (κ3) is 4.46. The van der Waals surface area contributed by atoms with Crippen molar-refractivity contribution < 1.29 is 9.59 Å². The molecule has 6 nitrogen and oxygen atoms in total. The minimum absolute atomic E-state index is 0.0966. The monoisotopic (exact) mass is 330 g/mol. The van der Waals surface area contributed by atoms with Crippen molar-refractivity contribution in [2.45, 2.75) is 45.1 Å². The van der Waals surface area contributed by atoms with Crippen molar-refractivity contribution in [1.29, 1.82) is 0 Å². The zero-order valence-electron chi connectivity index (χ0n) is 14.2. The molecule has 6 heteroatoms. The number of anilines is 1. The van der Waals surface area contributed by atoms with E-state index in [0.717, 1.165) is 43.7 Å². The van der Waals surface area contributed by atoms with E-state index in [1.165, 1.54) is 12.8 Å². The van der Waals surface area contributed by atoms with Gasteiger partial charge < -0.3 is 15.1 Å². The predicted octanol–water partition coefficient (Wildman–Crippen LogP) is 1.70. The standard InChI is InChI=1S/C18H26N4O2/c23-17(14-22-11-3-1-2-6-18(22)24)20-13-15-7-8-16(19-12-15)21-9-4-5-10-21/h7-8,12H,1-6,9-11,13-14H2,(H,20,23). The number of hydrogen-bond acceptors (Lipinski definition) is 4. The van der Waals surface area contributed by atoms with E-state index in [9.17, 15) is 9.59 Å². The summed E-state index contributed by atoms with van der Waals surface area (Å²) in [5, 5.41) is 2.89. The van der Waals surface area contributed by atoms with Gasteiger partial charge in [0, 0.05) is 38.8 Å². The molecule has 0 atom stereocenters. The SMILES string of the molecule is O=C(CN1CCCCCC1=O)NCc1ccc(N2CCCC2)nc1. The summed E-state index contributed by atoms with van der Waals surface area (Å²) in [5.74, 6) is 1.01. The van der Waals surface area contributed by atoms with Crippen LogP contribution in [-0.4, -0.2) is 47.9 Å². The number of hydrogen-bond donors (Lipinski definition) is 1. The fraction of sp³-hybridized carbons (Fsp3) is 0.611. The molecule has 1 aromatic rings. The number of carbonyl (C=O) groups is 2. The average Bonchev–Trinajstić information content (AvgIpc) is 3.06. The van der Waals surface area contributed by atoms with Crippen molar-refractivity contribution >= 4 is 17.6 Å². The van der Waals surface area contributed by atoms with Crippen molar-refractivity contribution in [1.82, 2.24) is 15.2 Å². The summed E-state index contributed by atoms with van der Waals surface area (Å²) in [6.45, 7) is 3.46. The van der Waals surface area contributed by atoms with Crippen LogP contribution in [0.15, 0.2) is 18.3 Å². The summed E-state index contributed by atoms with van der Waals surface area (Å²) >= 11 is 0. The molecule has 0 aliphatic carbocycles. The Hall–Kier alpha value is -2.11. The molecule has 130 valence electrons. The third-order valence-electron chi connectivity index (χ3n) is 4.73. The lowest BCUT2D eigenvalue weighted by Crippen LogP contribution is -2.40. The first-order chi connectivity index (χ1) is 11.7. The van der Waals surface area contributed by atoms with Crippen LogP contribution in [0, 0.1) is 0 Å². The zero-order valence-corrected chi connectivity index (χ0v) is 14.2. The lowest BCUT2D eigenvalue weighted by atomic mass is 10.2. The van der Waals surface area contributed by atoms with Crippen LogP contribution in [0.2, 0.25) is 0 Å². The molecule has 0 radical (unpaired) electrons. The maximum atomic E-state index is 12.1. The number of nitrogens with zero attached hydrogens (tertiary/aromatic N) is 3. The zero-order chi connectivity index (χ0) is 16.8. The number of rotatable bonds is 5. The maximum absolute atomic E-state index is 12.1. The molecule has 0 saturated carbocycles. The van der Waals surface area contributed by atoms with Crippen molar-refractivity contribution in [2.75, 3.05) is 31.1 Å². The predicted molar refractivity (Wildman–Crippen MR) is 92.6 cm³/mol. The first-order valence-corrected chi connectivity index (χ1v) is 8.97. The second-order valence-corrected chi connectivity index (χ2v) is 6.62. The number of nitrogens with one attached hydrogen (secondary N) is 1. The summed E-state index contributed by atoms with van der Waals surface area (Å²) in [7, 11) is 0. The number of amides is 2. The highest BCUT2D eigenvalue weighted by molar-refractivity contribution is 5.84. The Kier molecular flexibility index (Phi) is 5.67. The fourth-order valence-corrected chi connectivity index (χ4v) is 3.29. The Labute approximate surface area is 143 Å². The molecule has 3 heterocycles. The van der Waals surface area contributed by atoms with Gasteiger partial charge in [-0.15, -0.1) is 0 Å². The van der Waals surface area contributed by atoms with E-state index in [1.54, 1.807) is 4.90 Å². The van der Waals surface area contributed by atoms with Gasteiger partial charge >= 0.3 is 0 Å². The number of pyridine rings is 1. The van der Waals surface area contributed by atoms with Gasteiger partial charge in [0.2, 0.25) is 11.8 Å². The van der Waals surface area contributed by atoms with Crippen molar-refractivity contribution in [3.05, 3.63) is 23.9 Å². The Balaban J connectivity index is 1.46. The van der Waals surface area contributed by atoms with E-state index in [-0.39, 0.29) is 18.4 Å². The van der Waals surface area contributed by atoms with Gasteiger partial charge in [0.05, 0.1) is 6.54 Å². The van der Waals surface area contributed by atoms with Gasteiger partial charge in [-0.3, -0.25) is 9.59 Å². The molecule has 1 aromatic heterocycles. The number of likely N-dealkylation sites (tertiary alicyclic amines) is 1. The van der Waals surface area contributed by atoms with Crippen LogP contribution in [0.1, 0.15) is 44.1 Å². The highest BCUT2D eigenvalue weighted by atomic mass is 16.2. The summed E-state index contributed by atoms with van der Waals surface area (Å²) in [4.78, 5) is 32.5. The quantitative estimate of drug-likeness (QED) is 0.892. The van der Waals surface area contributed by atoms with Gasteiger partial charge in [0.25, 0.3) is 0 Å². The number of carbonyl (C=O) groups excluding carboxylic acids is 2. The molecule has 2 amide bonds. The first kappa shape index (κ1) is 16.7. The van der Waals surface area contributed by atoms with E-state index < -0.39 is 0 Å². The van der Waals surface area contributed by atoms with Gasteiger partial charge in [-0.2, -0.15) is 0 Å².